The van der Waals surface area contributed by atoms with Gasteiger partial charge in [0.1, 0.15) is 12.4 Å². The number of aliphatic hydroxyl groups is 1. The van der Waals surface area contributed by atoms with Gasteiger partial charge in [0.05, 0.1) is 6.61 Å². The van der Waals surface area contributed by atoms with E-state index in [1.54, 1.807) is 0 Å². The maximum Gasteiger partial charge on any atom is 0.124 e. The molecule has 4 heteroatoms. The number of rotatable bonds is 7. The van der Waals surface area contributed by atoms with Crippen LogP contribution >= 0.6 is 11.6 Å². The average Bonchev–Trinajstić information content (AvgIpc) is 2.52. The van der Waals surface area contributed by atoms with E-state index < -0.39 is 0 Å². The van der Waals surface area contributed by atoms with E-state index in [1.807, 2.05) is 62.4 Å². The molecule has 0 aliphatic carbocycles. The Labute approximate surface area is 136 Å². The summed E-state index contributed by atoms with van der Waals surface area (Å²) in [4.78, 5) is 0. The Hall–Kier alpha value is -1.55. The smallest absolute Gasteiger partial charge is 0.124 e. The van der Waals surface area contributed by atoms with Crippen molar-refractivity contribution in [2.24, 2.45) is 0 Å². The van der Waals surface area contributed by atoms with Crippen molar-refractivity contribution in [1.29, 1.82) is 0 Å². The molecule has 3 nitrogen and oxygen atoms in total. The van der Waals surface area contributed by atoms with Gasteiger partial charge in [0.15, 0.2) is 0 Å². The molecule has 118 valence electrons. The van der Waals surface area contributed by atoms with E-state index in [0.29, 0.717) is 18.2 Å². The predicted molar refractivity (Wildman–Crippen MR) is 90.2 cm³/mol. The molecule has 0 aliphatic rings. The number of nitrogens with one attached hydrogen (secondary N) is 1. The quantitative estimate of drug-likeness (QED) is 0.816. The van der Waals surface area contributed by atoms with Gasteiger partial charge in [-0.3, -0.25) is 0 Å². The highest BCUT2D eigenvalue weighted by Gasteiger charge is 2.16. The minimum atomic E-state index is -0.319. The molecule has 0 amide bonds. The first kappa shape index (κ1) is 16.8. The van der Waals surface area contributed by atoms with Crippen LogP contribution in [0.5, 0.6) is 5.75 Å². The van der Waals surface area contributed by atoms with Crippen LogP contribution in [0.15, 0.2) is 48.5 Å². The van der Waals surface area contributed by atoms with Gasteiger partial charge in [-0.1, -0.05) is 41.9 Å². The van der Waals surface area contributed by atoms with Gasteiger partial charge in [-0.15, -0.1) is 0 Å². The number of halogens is 1. The molecule has 0 saturated carbocycles. The van der Waals surface area contributed by atoms with Crippen molar-refractivity contribution in [1.82, 2.24) is 5.32 Å². The number of aliphatic hydroxyl groups excluding tert-OH is 1. The largest absolute Gasteiger partial charge is 0.489 e. The van der Waals surface area contributed by atoms with E-state index in [9.17, 15) is 5.11 Å². The second-order valence-corrected chi connectivity index (χ2v) is 6.36. The van der Waals surface area contributed by atoms with Crippen LogP contribution in [-0.4, -0.2) is 17.3 Å². The van der Waals surface area contributed by atoms with Gasteiger partial charge in [-0.05, 0) is 37.6 Å². The second kappa shape index (κ2) is 7.63. The zero-order valence-corrected chi connectivity index (χ0v) is 13.7. The highest BCUT2D eigenvalue weighted by molar-refractivity contribution is 6.30. The van der Waals surface area contributed by atoms with Crippen LogP contribution in [0.4, 0.5) is 0 Å². The number of hydrogen-bond acceptors (Lipinski definition) is 3. The van der Waals surface area contributed by atoms with Crippen LogP contribution in [0.3, 0.4) is 0 Å². The lowest BCUT2D eigenvalue weighted by Crippen LogP contribution is -2.42. The van der Waals surface area contributed by atoms with Gasteiger partial charge in [0.25, 0.3) is 0 Å². The monoisotopic (exact) mass is 319 g/mol. The van der Waals surface area contributed by atoms with Crippen molar-refractivity contribution >= 4 is 11.6 Å². The molecule has 0 aliphatic heterocycles. The van der Waals surface area contributed by atoms with Gasteiger partial charge in [0, 0.05) is 22.7 Å². The predicted octanol–water partition coefficient (Wildman–Crippen LogP) is 3.78. The summed E-state index contributed by atoms with van der Waals surface area (Å²) >= 11 is 5.98. The number of hydrogen-bond donors (Lipinski definition) is 2. The third-order valence-electron chi connectivity index (χ3n) is 3.41. The number of ether oxygens (including phenoxy) is 1. The van der Waals surface area contributed by atoms with Crippen LogP contribution < -0.4 is 10.1 Å². The van der Waals surface area contributed by atoms with Crippen molar-refractivity contribution < 1.29 is 9.84 Å². The first-order valence-electron chi connectivity index (χ1n) is 7.31. The summed E-state index contributed by atoms with van der Waals surface area (Å²) < 4.78 is 5.92. The Kier molecular flexibility index (Phi) is 5.83. The van der Waals surface area contributed by atoms with E-state index in [2.05, 4.69) is 5.32 Å². The van der Waals surface area contributed by atoms with Crippen LogP contribution in [0, 0.1) is 0 Å². The molecule has 0 atom stereocenters. The molecule has 0 radical (unpaired) electrons. The molecule has 22 heavy (non-hydrogen) atoms. The molecule has 2 aromatic carbocycles. The molecular weight excluding hydrogens is 298 g/mol. The van der Waals surface area contributed by atoms with Gasteiger partial charge < -0.3 is 15.2 Å². The van der Waals surface area contributed by atoms with Gasteiger partial charge in [0.2, 0.25) is 0 Å². The highest BCUT2D eigenvalue weighted by atomic mass is 35.5. The van der Waals surface area contributed by atoms with E-state index >= 15 is 0 Å². The molecule has 0 heterocycles. The Morgan fingerprint density at radius 1 is 1.14 bits per heavy atom. The van der Waals surface area contributed by atoms with E-state index in [0.717, 1.165) is 16.9 Å². The minimum Gasteiger partial charge on any atom is -0.489 e. The fourth-order valence-electron chi connectivity index (χ4n) is 1.97. The highest BCUT2D eigenvalue weighted by Crippen LogP contribution is 2.21. The maximum atomic E-state index is 9.31. The summed E-state index contributed by atoms with van der Waals surface area (Å²) in [5, 5.41) is 13.3. The second-order valence-electron chi connectivity index (χ2n) is 5.92. The molecule has 2 N–H and O–H groups in total. The van der Waals surface area contributed by atoms with Crippen molar-refractivity contribution in [3.05, 3.63) is 64.7 Å². The average molecular weight is 320 g/mol. The summed E-state index contributed by atoms with van der Waals surface area (Å²) in [5.74, 6) is 0.837. The Balaban J connectivity index is 2.02. The first-order chi connectivity index (χ1) is 10.5. The topological polar surface area (TPSA) is 41.5 Å². The van der Waals surface area contributed by atoms with Crippen LogP contribution in [0.1, 0.15) is 25.0 Å². The summed E-state index contributed by atoms with van der Waals surface area (Å²) in [5.41, 5.74) is 1.78. The summed E-state index contributed by atoms with van der Waals surface area (Å²) in [6.45, 7) is 5.11. The minimum absolute atomic E-state index is 0.0819. The SMILES string of the molecule is CC(C)(CO)NCc1ccccc1OCc1cccc(Cl)c1. The Morgan fingerprint density at radius 3 is 2.64 bits per heavy atom. The third-order valence-corrected chi connectivity index (χ3v) is 3.64. The lowest BCUT2D eigenvalue weighted by molar-refractivity contribution is 0.186. The molecule has 0 bridgehead atoms. The van der Waals surface area contributed by atoms with E-state index in [4.69, 9.17) is 16.3 Å². The van der Waals surface area contributed by atoms with Crippen molar-refractivity contribution in [3.63, 3.8) is 0 Å². The van der Waals surface area contributed by atoms with Crippen LogP contribution in [-0.2, 0) is 13.2 Å². The fraction of sp³-hybridized carbons (Fsp3) is 0.333. The van der Waals surface area contributed by atoms with Crippen molar-refractivity contribution in [2.75, 3.05) is 6.61 Å². The fourth-order valence-corrected chi connectivity index (χ4v) is 2.18. The van der Waals surface area contributed by atoms with E-state index in [-0.39, 0.29) is 12.1 Å². The molecular formula is C18H22ClNO2. The first-order valence-corrected chi connectivity index (χ1v) is 7.69. The standard InChI is InChI=1S/C18H22ClNO2/c1-18(2,13-21)20-11-15-7-3-4-9-17(15)22-12-14-6-5-8-16(19)10-14/h3-10,20-21H,11-13H2,1-2H3. The molecule has 0 spiro atoms. The Bertz CT molecular complexity index is 614. The summed E-state index contributed by atoms with van der Waals surface area (Å²) in [7, 11) is 0. The molecule has 2 rings (SSSR count). The van der Waals surface area contributed by atoms with Crippen molar-refractivity contribution in [2.45, 2.75) is 32.5 Å². The third kappa shape index (κ3) is 5.02. The van der Waals surface area contributed by atoms with Gasteiger partial charge in [-0.25, -0.2) is 0 Å². The zero-order chi connectivity index (χ0) is 16.0. The Morgan fingerprint density at radius 2 is 1.91 bits per heavy atom. The van der Waals surface area contributed by atoms with Crippen LogP contribution in [0.2, 0.25) is 5.02 Å². The maximum absolute atomic E-state index is 9.31. The molecule has 0 saturated heterocycles. The molecule has 2 aromatic rings. The molecule has 0 aromatic heterocycles. The number of benzene rings is 2. The lowest BCUT2D eigenvalue weighted by atomic mass is 10.1. The van der Waals surface area contributed by atoms with Gasteiger partial charge >= 0.3 is 0 Å². The number of para-hydroxylation sites is 1. The normalized spacial score (nSPS) is 11.5. The lowest BCUT2D eigenvalue weighted by Gasteiger charge is -2.24. The zero-order valence-electron chi connectivity index (χ0n) is 13.0. The van der Waals surface area contributed by atoms with Gasteiger partial charge in [-0.2, -0.15) is 0 Å². The molecule has 0 fully saturated rings. The summed E-state index contributed by atoms with van der Waals surface area (Å²) in [6.07, 6.45) is 0. The summed E-state index contributed by atoms with van der Waals surface area (Å²) in [6, 6.07) is 15.6. The van der Waals surface area contributed by atoms with Crippen molar-refractivity contribution in [3.8, 4) is 5.75 Å². The van der Waals surface area contributed by atoms with E-state index in [1.165, 1.54) is 0 Å². The molecule has 0 unspecified atom stereocenters. The van der Waals surface area contributed by atoms with Crippen LogP contribution in [0.25, 0.3) is 0 Å².